The Morgan fingerprint density at radius 2 is 1.97 bits per heavy atom. The first kappa shape index (κ1) is 20.9. The van der Waals surface area contributed by atoms with Crippen molar-refractivity contribution in [2.24, 2.45) is 7.05 Å². The van der Waals surface area contributed by atoms with Crippen molar-refractivity contribution in [3.8, 4) is 0 Å². The zero-order valence-electron chi connectivity index (χ0n) is 19.0. The summed E-state index contributed by atoms with van der Waals surface area (Å²) in [6.45, 7) is 2.02. The van der Waals surface area contributed by atoms with E-state index in [0.717, 1.165) is 46.9 Å². The van der Waals surface area contributed by atoms with Crippen LogP contribution in [0.15, 0.2) is 35.6 Å². The van der Waals surface area contributed by atoms with Gasteiger partial charge in [-0.25, -0.2) is 29.8 Å². The topological polar surface area (TPSA) is 90.5 Å². The largest absolute Gasteiger partial charge is 0.330 e. The number of hydrogen-bond donors (Lipinski definition) is 1. The number of anilines is 2. The van der Waals surface area contributed by atoms with Gasteiger partial charge in [0.05, 0.1) is 11.7 Å². The molecule has 1 aliphatic heterocycles. The number of rotatable bonds is 3. The van der Waals surface area contributed by atoms with Crippen molar-refractivity contribution in [1.82, 2.24) is 29.1 Å². The lowest BCUT2D eigenvalue weighted by molar-refractivity contribution is 0.450. The van der Waals surface area contributed by atoms with Gasteiger partial charge in [-0.1, -0.05) is 0 Å². The Hall–Kier alpha value is -2.94. The first-order valence-corrected chi connectivity index (χ1v) is 13.7. The smallest absolute Gasteiger partial charge is 0.324 e. The lowest BCUT2D eigenvalue weighted by Crippen LogP contribution is -2.26. The average molecular weight is 452 g/mol. The first-order valence-electron chi connectivity index (χ1n) is 10.9. The van der Waals surface area contributed by atoms with E-state index in [2.05, 4.69) is 32.8 Å². The van der Waals surface area contributed by atoms with Crippen molar-refractivity contribution in [2.45, 2.75) is 32.2 Å². The van der Waals surface area contributed by atoms with E-state index in [1.54, 1.807) is 30.3 Å². The maximum atomic E-state index is 13.2. The Balaban J connectivity index is 1.55. The van der Waals surface area contributed by atoms with Gasteiger partial charge in [0.25, 0.3) is 0 Å². The molecule has 168 valence electrons. The summed E-state index contributed by atoms with van der Waals surface area (Å²) in [5, 5.41) is 4.29. The van der Waals surface area contributed by atoms with Gasteiger partial charge in [-0.05, 0) is 67.9 Å². The number of imidazole rings is 1. The van der Waals surface area contributed by atoms with E-state index in [1.165, 1.54) is 11.5 Å². The molecule has 1 unspecified atom stereocenters. The molecular formula is C23H29N7OS. The van der Waals surface area contributed by atoms with Crippen LogP contribution in [0.2, 0.25) is 0 Å². The normalized spacial score (nSPS) is 19.7. The van der Waals surface area contributed by atoms with Gasteiger partial charge in [-0.2, -0.15) is 4.98 Å². The highest BCUT2D eigenvalue weighted by molar-refractivity contribution is 8.32. The third-order valence-electron chi connectivity index (χ3n) is 6.53. The second-order valence-electron chi connectivity index (χ2n) is 9.25. The van der Waals surface area contributed by atoms with Crippen molar-refractivity contribution >= 4 is 43.7 Å². The van der Waals surface area contributed by atoms with Gasteiger partial charge in [0, 0.05) is 30.4 Å². The highest BCUT2D eigenvalue weighted by Gasteiger charge is 2.26. The Bertz CT molecular complexity index is 1370. The molecule has 3 aromatic heterocycles. The molecule has 9 heteroatoms. The molecule has 32 heavy (non-hydrogen) atoms. The molecule has 0 bridgehead atoms. The monoisotopic (exact) mass is 451 g/mol. The second kappa shape index (κ2) is 7.88. The predicted molar refractivity (Wildman–Crippen MR) is 132 cm³/mol. The third-order valence-corrected chi connectivity index (χ3v) is 9.27. The summed E-state index contributed by atoms with van der Waals surface area (Å²) >= 11 is 0. The summed E-state index contributed by atoms with van der Waals surface area (Å²) in [6.07, 6.45) is 13.1. The van der Waals surface area contributed by atoms with E-state index >= 15 is 0 Å². The van der Waals surface area contributed by atoms with Gasteiger partial charge >= 0.3 is 5.69 Å². The summed E-state index contributed by atoms with van der Waals surface area (Å²) in [6, 6.07) is 4.21. The number of aryl methyl sites for hydroxylation is 2. The Labute approximate surface area is 188 Å². The van der Waals surface area contributed by atoms with Crippen molar-refractivity contribution in [3.05, 3.63) is 46.9 Å². The molecule has 1 saturated heterocycles. The minimum Gasteiger partial charge on any atom is -0.324 e. The van der Waals surface area contributed by atoms with Gasteiger partial charge < -0.3 is 5.32 Å². The van der Waals surface area contributed by atoms with Crippen LogP contribution < -0.4 is 11.0 Å². The van der Waals surface area contributed by atoms with Crippen LogP contribution in [0.3, 0.4) is 0 Å². The van der Waals surface area contributed by atoms with Gasteiger partial charge in [-0.3, -0.25) is 9.13 Å². The van der Waals surface area contributed by atoms with Crippen LogP contribution in [-0.2, 0) is 7.05 Å². The summed E-state index contributed by atoms with van der Waals surface area (Å²) in [5.74, 6) is 2.95. The van der Waals surface area contributed by atoms with Crippen LogP contribution in [0.5, 0.6) is 0 Å². The quantitative estimate of drug-likeness (QED) is 0.508. The van der Waals surface area contributed by atoms with E-state index in [-0.39, 0.29) is 11.7 Å². The van der Waals surface area contributed by atoms with E-state index < -0.39 is 10.0 Å². The maximum absolute atomic E-state index is 13.2. The molecule has 0 saturated carbocycles. The van der Waals surface area contributed by atoms with Gasteiger partial charge in [0.15, 0.2) is 5.65 Å². The van der Waals surface area contributed by atoms with E-state index in [9.17, 15) is 4.79 Å². The fourth-order valence-corrected chi connectivity index (χ4v) is 6.65. The van der Waals surface area contributed by atoms with Crippen molar-refractivity contribution in [1.29, 1.82) is 0 Å². The zero-order chi connectivity index (χ0) is 22.5. The summed E-state index contributed by atoms with van der Waals surface area (Å²) in [5.41, 5.74) is 4.30. The molecule has 0 spiro atoms. The molecule has 4 heterocycles. The van der Waals surface area contributed by atoms with Crippen molar-refractivity contribution in [2.75, 3.05) is 29.3 Å². The molecule has 5 rings (SSSR count). The Morgan fingerprint density at radius 1 is 1.12 bits per heavy atom. The van der Waals surface area contributed by atoms with Crippen molar-refractivity contribution in [3.63, 3.8) is 0 Å². The van der Waals surface area contributed by atoms with E-state index in [1.807, 2.05) is 23.6 Å². The molecule has 1 aliphatic rings. The van der Waals surface area contributed by atoms with E-state index in [4.69, 9.17) is 4.98 Å². The molecule has 0 aliphatic carbocycles. The molecular weight excluding hydrogens is 422 g/mol. The highest BCUT2D eigenvalue weighted by Crippen LogP contribution is 2.46. The standard InChI is InChI=1S/C23H29N7OS/c1-15-10-19-16(12-24-14-26-19)11-18(15)27-22-25-13-20-21(28-22)30(23(31)29(20)2)17-6-5-8-32(3,4)9-7-17/h10-14,17H,5-9H2,1-4H3,(H,25,27,28). The fraction of sp³-hybridized carbons (Fsp3) is 0.435. The first-order chi connectivity index (χ1) is 15.3. The molecule has 1 N–H and O–H groups in total. The number of hydrogen-bond acceptors (Lipinski definition) is 6. The Morgan fingerprint density at radius 3 is 2.81 bits per heavy atom. The molecule has 1 fully saturated rings. The number of benzene rings is 1. The lowest BCUT2D eigenvalue weighted by atomic mass is 10.1. The minimum absolute atomic E-state index is 0.00908. The summed E-state index contributed by atoms with van der Waals surface area (Å²) in [7, 11) is 1.23. The molecule has 8 nitrogen and oxygen atoms in total. The van der Waals surface area contributed by atoms with Crippen LogP contribution in [0.1, 0.15) is 30.9 Å². The average Bonchev–Trinajstić information content (AvgIpc) is 2.88. The third kappa shape index (κ3) is 3.74. The van der Waals surface area contributed by atoms with Crippen LogP contribution in [-0.4, -0.2) is 53.1 Å². The fourth-order valence-electron chi connectivity index (χ4n) is 4.58. The van der Waals surface area contributed by atoms with Gasteiger partial charge in [0.2, 0.25) is 5.95 Å². The SMILES string of the molecule is Cc1cc2ncncc2cc1Nc1ncc2c(n1)n(C1CCCS(C)(C)CC1)c(=O)n2C. The Kier molecular flexibility index (Phi) is 5.16. The summed E-state index contributed by atoms with van der Waals surface area (Å²) < 4.78 is 3.57. The molecule has 0 amide bonds. The van der Waals surface area contributed by atoms with Crippen LogP contribution in [0.4, 0.5) is 11.6 Å². The maximum Gasteiger partial charge on any atom is 0.330 e. The highest BCUT2D eigenvalue weighted by atomic mass is 32.3. The zero-order valence-corrected chi connectivity index (χ0v) is 19.8. The molecule has 1 atom stereocenters. The minimum atomic E-state index is -0.569. The number of aromatic nitrogens is 6. The van der Waals surface area contributed by atoms with Crippen LogP contribution in [0, 0.1) is 6.92 Å². The predicted octanol–water partition coefficient (Wildman–Crippen LogP) is 3.91. The van der Waals surface area contributed by atoms with Crippen molar-refractivity contribution < 1.29 is 0 Å². The van der Waals surface area contributed by atoms with Gasteiger partial charge in [-0.15, -0.1) is 0 Å². The van der Waals surface area contributed by atoms with Crippen LogP contribution in [0.25, 0.3) is 22.1 Å². The van der Waals surface area contributed by atoms with Gasteiger partial charge in [0.1, 0.15) is 11.8 Å². The second-order valence-corrected chi connectivity index (χ2v) is 13.6. The molecule has 4 aromatic rings. The molecule has 0 radical (unpaired) electrons. The molecule has 1 aromatic carbocycles. The summed E-state index contributed by atoms with van der Waals surface area (Å²) in [4.78, 5) is 30.9. The lowest BCUT2D eigenvalue weighted by Gasteiger charge is -2.29. The number of nitrogens with zero attached hydrogens (tertiary/aromatic N) is 6. The number of fused-ring (bicyclic) bond motifs is 2. The van der Waals surface area contributed by atoms with Crippen LogP contribution >= 0.6 is 10.0 Å². The van der Waals surface area contributed by atoms with E-state index in [0.29, 0.717) is 11.6 Å². The number of nitrogens with one attached hydrogen (secondary N) is 1.